The molecule has 1 saturated carbocycles. The molecule has 126 valence electrons. The molecule has 5 nitrogen and oxygen atoms in total. The van der Waals surface area contributed by atoms with Crippen LogP contribution in [-0.4, -0.2) is 15.9 Å². The van der Waals surface area contributed by atoms with Gasteiger partial charge in [0.25, 0.3) is 0 Å². The maximum absolute atomic E-state index is 11.7. The molecule has 1 aromatic carbocycles. The number of rotatable bonds is 6. The highest BCUT2D eigenvalue weighted by molar-refractivity contribution is 6.36. The molecule has 3 rings (SSSR count). The van der Waals surface area contributed by atoms with E-state index in [9.17, 15) is 10.1 Å². The van der Waals surface area contributed by atoms with Gasteiger partial charge in [-0.2, -0.15) is 0 Å². The van der Waals surface area contributed by atoms with Crippen molar-refractivity contribution in [3.8, 4) is 11.3 Å². The molecule has 7 heteroatoms. The highest BCUT2D eigenvalue weighted by Crippen LogP contribution is 2.41. The molecule has 1 fully saturated rings. The first-order valence-electron chi connectivity index (χ1n) is 7.86. The smallest absolute Gasteiger partial charge is 0.318 e. The predicted octanol–water partition coefficient (Wildman–Crippen LogP) is 5.56. The van der Waals surface area contributed by atoms with Crippen LogP contribution < -0.4 is 5.32 Å². The van der Waals surface area contributed by atoms with Gasteiger partial charge in [0.2, 0.25) is 0 Å². The summed E-state index contributed by atoms with van der Waals surface area (Å²) in [5, 5.41) is 15.8. The second-order valence-electron chi connectivity index (χ2n) is 5.93. The summed E-state index contributed by atoms with van der Waals surface area (Å²) in [5.41, 5.74) is 1.17. The average molecular weight is 366 g/mol. The summed E-state index contributed by atoms with van der Waals surface area (Å²) in [6, 6.07) is 6.74. The van der Waals surface area contributed by atoms with Crippen molar-refractivity contribution in [3.05, 3.63) is 50.6 Å². The van der Waals surface area contributed by atoms with Gasteiger partial charge in [0.05, 0.1) is 9.95 Å². The lowest BCUT2D eigenvalue weighted by molar-refractivity contribution is -0.383. The van der Waals surface area contributed by atoms with E-state index in [1.165, 1.54) is 12.8 Å². The van der Waals surface area contributed by atoms with E-state index in [2.05, 4.69) is 17.2 Å². The van der Waals surface area contributed by atoms with E-state index >= 15 is 0 Å². The third-order valence-corrected chi connectivity index (χ3v) is 4.81. The third kappa shape index (κ3) is 3.47. The molecule has 1 aromatic heterocycles. The number of benzene rings is 1. The number of anilines is 1. The molecule has 1 heterocycles. The number of hydrogen-bond donors (Lipinski definition) is 1. The SMILES string of the molecule is CC[C@H](Nc1ccnc(-c2ccc(Cl)cc2Cl)c1[N+](=O)[O-])C1CC1. The van der Waals surface area contributed by atoms with Gasteiger partial charge in [0, 0.05) is 22.8 Å². The lowest BCUT2D eigenvalue weighted by Crippen LogP contribution is -2.21. The molecular formula is C17H17Cl2N3O2. The molecule has 0 spiro atoms. The van der Waals surface area contributed by atoms with E-state index in [-0.39, 0.29) is 17.4 Å². The van der Waals surface area contributed by atoms with Gasteiger partial charge in [0.15, 0.2) is 5.69 Å². The van der Waals surface area contributed by atoms with E-state index in [0.717, 1.165) is 6.42 Å². The maximum Gasteiger partial charge on any atom is 0.318 e. The van der Waals surface area contributed by atoms with Gasteiger partial charge < -0.3 is 5.32 Å². The third-order valence-electron chi connectivity index (χ3n) is 4.26. The van der Waals surface area contributed by atoms with E-state index in [1.54, 1.807) is 30.5 Å². The molecule has 0 radical (unpaired) electrons. The summed E-state index contributed by atoms with van der Waals surface area (Å²) < 4.78 is 0. The van der Waals surface area contributed by atoms with Crippen LogP contribution in [0.5, 0.6) is 0 Å². The number of nitrogens with one attached hydrogen (secondary N) is 1. The minimum Gasteiger partial charge on any atom is -0.376 e. The van der Waals surface area contributed by atoms with Crippen LogP contribution in [-0.2, 0) is 0 Å². The quantitative estimate of drug-likeness (QED) is 0.536. The Bertz CT molecular complexity index is 778. The Kier molecular flexibility index (Phi) is 4.92. The first-order valence-corrected chi connectivity index (χ1v) is 8.62. The first kappa shape index (κ1) is 17.0. The molecule has 1 aliphatic rings. The number of halogens is 2. The lowest BCUT2D eigenvalue weighted by Gasteiger charge is -2.18. The van der Waals surface area contributed by atoms with E-state index in [1.807, 2.05) is 0 Å². The minimum absolute atomic E-state index is 0.0548. The number of hydrogen-bond acceptors (Lipinski definition) is 4. The molecule has 24 heavy (non-hydrogen) atoms. The summed E-state index contributed by atoms with van der Waals surface area (Å²) in [5.74, 6) is 0.588. The van der Waals surface area contributed by atoms with Crippen LogP contribution in [0.2, 0.25) is 10.0 Å². The van der Waals surface area contributed by atoms with Crippen molar-refractivity contribution < 1.29 is 4.92 Å². The maximum atomic E-state index is 11.7. The Hall–Kier alpha value is -1.85. The van der Waals surface area contributed by atoms with Crippen molar-refractivity contribution in [1.29, 1.82) is 0 Å². The average Bonchev–Trinajstić information content (AvgIpc) is 3.37. The van der Waals surface area contributed by atoms with Crippen LogP contribution in [0.15, 0.2) is 30.5 Å². The molecule has 0 amide bonds. The monoisotopic (exact) mass is 365 g/mol. The number of nitro groups is 1. The van der Waals surface area contributed by atoms with Crippen molar-refractivity contribution in [1.82, 2.24) is 4.98 Å². The fourth-order valence-corrected chi connectivity index (χ4v) is 3.38. The zero-order valence-electron chi connectivity index (χ0n) is 13.1. The topological polar surface area (TPSA) is 68.1 Å². The Morgan fingerprint density at radius 1 is 1.38 bits per heavy atom. The van der Waals surface area contributed by atoms with Crippen molar-refractivity contribution in [2.24, 2.45) is 5.92 Å². The van der Waals surface area contributed by atoms with Crippen molar-refractivity contribution in [2.45, 2.75) is 32.2 Å². The van der Waals surface area contributed by atoms with Crippen molar-refractivity contribution in [3.63, 3.8) is 0 Å². The lowest BCUT2D eigenvalue weighted by atomic mass is 10.1. The van der Waals surface area contributed by atoms with Crippen molar-refractivity contribution >= 4 is 34.6 Å². The number of pyridine rings is 1. The van der Waals surface area contributed by atoms with Crippen LogP contribution in [0.1, 0.15) is 26.2 Å². The van der Waals surface area contributed by atoms with Crippen LogP contribution in [0.4, 0.5) is 11.4 Å². The van der Waals surface area contributed by atoms with Gasteiger partial charge >= 0.3 is 5.69 Å². The summed E-state index contributed by atoms with van der Waals surface area (Å²) in [6.07, 6.45) is 4.82. The molecule has 0 bridgehead atoms. The summed E-state index contributed by atoms with van der Waals surface area (Å²) in [4.78, 5) is 15.5. The predicted molar refractivity (Wildman–Crippen MR) is 96.8 cm³/mol. The second kappa shape index (κ2) is 6.95. The number of aromatic nitrogens is 1. The van der Waals surface area contributed by atoms with E-state index in [0.29, 0.717) is 27.2 Å². The van der Waals surface area contributed by atoms with Gasteiger partial charge in [-0.1, -0.05) is 30.1 Å². The standard InChI is InChI=1S/C17H17Cl2N3O2/c1-2-14(10-3-4-10)21-15-7-8-20-16(17(15)22(23)24)12-6-5-11(18)9-13(12)19/h5-10,14H,2-4H2,1H3,(H,20,21)/t14-/m0/s1. The molecule has 1 aliphatic carbocycles. The molecule has 1 atom stereocenters. The fourth-order valence-electron chi connectivity index (χ4n) is 2.89. The zero-order valence-corrected chi connectivity index (χ0v) is 14.6. The largest absolute Gasteiger partial charge is 0.376 e. The molecule has 0 unspecified atom stereocenters. The minimum atomic E-state index is -0.408. The van der Waals surface area contributed by atoms with Crippen LogP contribution in [0.25, 0.3) is 11.3 Å². The molecule has 2 aromatic rings. The van der Waals surface area contributed by atoms with Gasteiger partial charge in [0.1, 0.15) is 5.69 Å². The Morgan fingerprint density at radius 2 is 2.12 bits per heavy atom. The number of nitrogens with zero attached hydrogens (tertiary/aromatic N) is 2. The van der Waals surface area contributed by atoms with Crippen LogP contribution in [0.3, 0.4) is 0 Å². The van der Waals surface area contributed by atoms with Gasteiger partial charge in [-0.25, -0.2) is 4.98 Å². The highest BCUT2D eigenvalue weighted by atomic mass is 35.5. The zero-order chi connectivity index (χ0) is 17.3. The molecule has 1 N–H and O–H groups in total. The van der Waals surface area contributed by atoms with Gasteiger partial charge in [-0.3, -0.25) is 10.1 Å². The molecule has 0 aliphatic heterocycles. The van der Waals surface area contributed by atoms with Gasteiger partial charge in [-0.15, -0.1) is 0 Å². The Morgan fingerprint density at radius 3 is 2.71 bits per heavy atom. The Labute approximate surface area is 150 Å². The molecule has 0 saturated heterocycles. The Balaban J connectivity index is 2.06. The van der Waals surface area contributed by atoms with Crippen LogP contribution >= 0.6 is 23.2 Å². The van der Waals surface area contributed by atoms with Crippen molar-refractivity contribution in [2.75, 3.05) is 5.32 Å². The summed E-state index contributed by atoms with van der Waals surface area (Å²) >= 11 is 12.1. The van der Waals surface area contributed by atoms with Crippen LogP contribution in [0, 0.1) is 16.0 Å². The normalized spacial score (nSPS) is 15.1. The van der Waals surface area contributed by atoms with E-state index < -0.39 is 4.92 Å². The summed E-state index contributed by atoms with van der Waals surface area (Å²) in [7, 11) is 0. The van der Waals surface area contributed by atoms with E-state index in [4.69, 9.17) is 23.2 Å². The second-order valence-corrected chi connectivity index (χ2v) is 6.78. The fraction of sp³-hybridized carbons (Fsp3) is 0.353. The highest BCUT2D eigenvalue weighted by Gasteiger charge is 2.32. The summed E-state index contributed by atoms with van der Waals surface area (Å²) in [6.45, 7) is 2.08. The first-order chi connectivity index (χ1) is 11.5. The molecular weight excluding hydrogens is 349 g/mol. The van der Waals surface area contributed by atoms with Gasteiger partial charge in [-0.05, 0) is 49.4 Å².